The fraction of sp³-hybridized carbons (Fsp3) is 0.520. The molecule has 1 amide bonds. The summed E-state index contributed by atoms with van der Waals surface area (Å²) >= 11 is 6.18. The van der Waals surface area contributed by atoms with Crippen LogP contribution in [0.25, 0.3) is 0 Å². The van der Waals surface area contributed by atoms with Crippen molar-refractivity contribution in [2.45, 2.75) is 63.8 Å². The molecular formula is C25H30ClF3N6O2. The van der Waals surface area contributed by atoms with Gasteiger partial charge in [0.2, 0.25) is 5.28 Å². The molecule has 8 nitrogen and oxygen atoms in total. The summed E-state index contributed by atoms with van der Waals surface area (Å²) in [5.74, 6) is 0.851. The highest BCUT2D eigenvalue weighted by Gasteiger charge is 2.51. The van der Waals surface area contributed by atoms with Gasteiger partial charge in [-0.15, -0.1) is 0 Å². The quantitative estimate of drug-likeness (QED) is 0.300. The summed E-state index contributed by atoms with van der Waals surface area (Å²) in [5.41, 5.74) is -1.14. The van der Waals surface area contributed by atoms with Gasteiger partial charge in [-0.1, -0.05) is 6.07 Å². The van der Waals surface area contributed by atoms with E-state index in [-0.39, 0.29) is 28.2 Å². The van der Waals surface area contributed by atoms with Gasteiger partial charge >= 0.3 is 12.3 Å². The minimum absolute atomic E-state index is 0.0811. The molecule has 12 heteroatoms. The molecule has 0 spiro atoms. The number of nitrogens with zero attached hydrogens (tertiary/aromatic N) is 3. The Morgan fingerprint density at radius 2 is 1.89 bits per heavy atom. The Morgan fingerprint density at radius 3 is 2.46 bits per heavy atom. The van der Waals surface area contributed by atoms with E-state index in [2.05, 4.69) is 20.6 Å². The van der Waals surface area contributed by atoms with Crippen LogP contribution in [0, 0.1) is 11.3 Å². The van der Waals surface area contributed by atoms with Gasteiger partial charge in [0, 0.05) is 30.5 Å². The van der Waals surface area contributed by atoms with E-state index in [1.807, 2.05) is 25.7 Å². The van der Waals surface area contributed by atoms with Crippen molar-refractivity contribution < 1.29 is 22.7 Å². The lowest BCUT2D eigenvalue weighted by atomic mass is 9.87. The van der Waals surface area contributed by atoms with E-state index >= 15 is 0 Å². The average molecular weight is 539 g/mol. The predicted molar refractivity (Wildman–Crippen MR) is 136 cm³/mol. The van der Waals surface area contributed by atoms with Crippen molar-refractivity contribution in [3.63, 3.8) is 0 Å². The molecule has 200 valence electrons. The smallest absolute Gasteiger partial charge is 0.416 e. The molecule has 2 aromatic rings. The lowest BCUT2D eigenvalue weighted by Crippen LogP contribution is -2.48. The third-order valence-electron chi connectivity index (χ3n) is 6.61. The van der Waals surface area contributed by atoms with E-state index in [1.165, 1.54) is 12.1 Å². The second kappa shape index (κ2) is 10.00. The highest BCUT2D eigenvalue weighted by molar-refractivity contribution is 6.28. The second-order valence-electron chi connectivity index (χ2n) is 10.5. The van der Waals surface area contributed by atoms with Crippen molar-refractivity contribution in [1.82, 2.24) is 15.3 Å². The third kappa shape index (κ3) is 6.44. The number of carbonyl (C=O) groups is 1. The van der Waals surface area contributed by atoms with Crippen LogP contribution in [0.1, 0.15) is 57.6 Å². The van der Waals surface area contributed by atoms with Gasteiger partial charge in [0.15, 0.2) is 0 Å². The van der Waals surface area contributed by atoms with Gasteiger partial charge in [-0.25, -0.2) is 4.79 Å². The number of ether oxygens (including phenoxy) is 1. The molecule has 0 bridgehead atoms. The Balaban J connectivity index is 1.48. The van der Waals surface area contributed by atoms with Crippen LogP contribution >= 0.6 is 11.6 Å². The zero-order chi connectivity index (χ0) is 27.0. The normalized spacial score (nSPS) is 17.8. The molecule has 37 heavy (non-hydrogen) atoms. The zero-order valence-corrected chi connectivity index (χ0v) is 21.6. The van der Waals surface area contributed by atoms with Crippen LogP contribution in [-0.4, -0.2) is 46.5 Å². The summed E-state index contributed by atoms with van der Waals surface area (Å²) in [6.45, 7) is 6.71. The molecule has 0 radical (unpaired) electrons. The first-order valence-electron chi connectivity index (χ1n) is 12.1. The van der Waals surface area contributed by atoms with Gasteiger partial charge in [-0.3, -0.25) is 0 Å². The molecule has 0 unspecified atom stereocenters. The number of benzene rings is 1. The number of hydrogen-bond acceptors (Lipinski definition) is 7. The predicted octanol–water partition coefficient (Wildman–Crippen LogP) is 6.16. The van der Waals surface area contributed by atoms with Crippen LogP contribution in [0.4, 0.5) is 35.3 Å². The number of amides is 1. The van der Waals surface area contributed by atoms with Crippen molar-refractivity contribution in [3.05, 3.63) is 40.7 Å². The second-order valence-corrected chi connectivity index (χ2v) is 10.8. The van der Waals surface area contributed by atoms with Gasteiger partial charge in [-0.2, -0.15) is 23.1 Å². The lowest BCUT2D eigenvalue weighted by Gasteiger charge is -2.38. The van der Waals surface area contributed by atoms with Crippen LogP contribution in [0.5, 0.6) is 0 Å². The number of carbonyl (C=O) groups excluding carboxylic acids is 1. The SMILES string of the molecule is CC(C)(C)OC(=O)NC1(C2CCN(c3nc(Cl)nc(Nc4cccc(C(F)(F)F)c4)c3C=N)CC2)CC1. The highest BCUT2D eigenvalue weighted by atomic mass is 35.5. The average Bonchev–Trinajstić information content (AvgIpc) is 3.57. The summed E-state index contributed by atoms with van der Waals surface area (Å²) in [7, 11) is 0. The molecule has 2 aliphatic rings. The molecule has 2 fully saturated rings. The molecule has 2 heterocycles. The Bertz CT molecular complexity index is 1170. The molecule has 1 saturated heterocycles. The van der Waals surface area contributed by atoms with Crippen LogP contribution in [-0.2, 0) is 10.9 Å². The van der Waals surface area contributed by atoms with E-state index in [1.54, 1.807) is 0 Å². The first-order valence-corrected chi connectivity index (χ1v) is 12.5. The largest absolute Gasteiger partial charge is 0.444 e. The summed E-state index contributed by atoms with van der Waals surface area (Å²) in [6.07, 6.45) is -0.471. The van der Waals surface area contributed by atoms with Gasteiger partial charge in [0.05, 0.1) is 11.1 Å². The molecule has 1 aromatic heterocycles. The van der Waals surface area contributed by atoms with Gasteiger partial charge < -0.3 is 25.7 Å². The number of rotatable bonds is 6. The molecule has 1 aliphatic carbocycles. The Labute approximate surface area is 218 Å². The number of piperidine rings is 1. The minimum atomic E-state index is -4.49. The zero-order valence-electron chi connectivity index (χ0n) is 20.9. The van der Waals surface area contributed by atoms with Gasteiger partial charge in [-0.05, 0) is 82.2 Å². The molecule has 1 aliphatic heterocycles. The fourth-order valence-electron chi connectivity index (χ4n) is 4.73. The van der Waals surface area contributed by atoms with Crippen LogP contribution in [0.2, 0.25) is 5.28 Å². The number of hydrogen-bond donors (Lipinski definition) is 3. The van der Waals surface area contributed by atoms with Crippen molar-refractivity contribution in [1.29, 1.82) is 5.41 Å². The van der Waals surface area contributed by atoms with E-state index in [0.717, 1.165) is 44.0 Å². The first-order chi connectivity index (χ1) is 17.3. The van der Waals surface area contributed by atoms with Crippen LogP contribution in [0.15, 0.2) is 24.3 Å². The molecule has 4 rings (SSSR count). The van der Waals surface area contributed by atoms with Crippen molar-refractivity contribution >= 4 is 41.2 Å². The lowest BCUT2D eigenvalue weighted by molar-refractivity contribution is -0.137. The number of aromatic nitrogens is 2. The summed E-state index contributed by atoms with van der Waals surface area (Å²) in [5, 5.41) is 13.8. The number of nitrogens with one attached hydrogen (secondary N) is 3. The molecular weight excluding hydrogens is 509 g/mol. The number of alkyl halides is 3. The Hall–Kier alpha value is -3.08. The van der Waals surface area contributed by atoms with Gasteiger partial charge in [0.1, 0.15) is 17.2 Å². The van der Waals surface area contributed by atoms with E-state index in [9.17, 15) is 18.0 Å². The monoisotopic (exact) mass is 538 g/mol. The Kier molecular flexibility index (Phi) is 7.29. The number of anilines is 3. The fourth-order valence-corrected chi connectivity index (χ4v) is 4.90. The minimum Gasteiger partial charge on any atom is -0.444 e. The molecule has 0 atom stereocenters. The molecule has 1 saturated carbocycles. The van der Waals surface area contributed by atoms with Crippen LogP contribution < -0.4 is 15.5 Å². The first kappa shape index (κ1) is 27.0. The van der Waals surface area contributed by atoms with Gasteiger partial charge in [0.25, 0.3) is 0 Å². The maximum absolute atomic E-state index is 13.1. The summed E-state index contributed by atoms with van der Waals surface area (Å²) < 4.78 is 44.9. The van der Waals surface area contributed by atoms with Crippen molar-refractivity contribution in [2.75, 3.05) is 23.3 Å². The van der Waals surface area contributed by atoms with Crippen molar-refractivity contribution in [2.24, 2.45) is 5.92 Å². The third-order valence-corrected chi connectivity index (χ3v) is 6.78. The molecule has 3 N–H and O–H groups in total. The standard InChI is InChI=1S/C25H30ClF3N6O2/c1-23(2,3)37-22(36)34-24(9-10-24)15-7-11-35(12-8-15)20-18(14-30)19(32-21(26)33-20)31-17-6-4-5-16(13-17)25(27,28)29/h4-6,13-15,30H,7-12H2,1-3H3,(H,34,36)(H,31,32,33). The summed E-state index contributed by atoms with van der Waals surface area (Å²) in [6, 6.07) is 4.73. The Morgan fingerprint density at radius 1 is 1.22 bits per heavy atom. The number of halogens is 4. The van der Waals surface area contributed by atoms with Crippen LogP contribution in [0.3, 0.4) is 0 Å². The van der Waals surface area contributed by atoms with E-state index in [0.29, 0.717) is 24.5 Å². The number of alkyl carbamates (subject to hydrolysis) is 1. The highest BCUT2D eigenvalue weighted by Crippen LogP contribution is 2.47. The topological polar surface area (TPSA) is 103 Å². The van der Waals surface area contributed by atoms with E-state index < -0.39 is 23.4 Å². The molecule has 1 aromatic carbocycles. The summed E-state index contributed by atoms with van der Waals surface area (Å²) in [4.78, 5) is 22.8. The maximum atomic E-state index is 13.1. The maximum Gasteiger partial charge on any atom is 0.416 e. The van der Waals surface area contributed by atoms with Crippen molar-refractivity contribution in [3.8, 4) is 0 Å². The van der Waals surface area contributed by atoms with E-state index in [4.69, 9.17) is 21.7 Å².